The molecule has 0 radical (unpaired) electrons. The standard InChI is InChI=1S/C16H23NO6S/c1-3-9-6-11(5-4-10(9)7-17-16(21)24)23-15-14(20)13(19)12(18)8(2)22-15/h4-6,8,12-15,18-20H,3,7H2,1-2H3,(H2,17,21,24). The van der Waals surface area contributed by atoms with Gasteiger partial charge in [-0.2, -0.15) is 0 Å². The summed E-state index contributed by atoms with van der Waals surface area (Å²) in [4.78, 5) is 10.9. The van der Waals surface area contributed by atoms with Crippen LogP contribution in [-0.2, 0) is 17.7 Å². The van der Waals surface area contributed by atoms with Gasteiger partial charge in [-0.3, -0.25) is 4.79 Å². The Kier molecular flexibility index (Phi) is 6.47. The van der Waals surface area contributed by atoms with E-state index in [2.05, 4.69) is 17.9 Å². The van der Waals surface area contributed by atoms with Gasteiger partial charge in [-0.1, -0.05) is 25.6 Å². The van der Waals surface area contributed by atoms with E-state index >= 15 is 0 Å². The molecule has 24 heavy (non-hydrogen) atoms. The van der Waals surface area contributed by atoms with Gasteiger partial charge in [0.05, 0.1) is 6.10 Å². The van der Waals surface area contributed by atoms with Gasteiger partial charge in [0, 0.05) is 6.54 Å². The van der Waals surface area contributed by atoms with Crippen LogP contribution in [0.5, 0.6) is 5.75 Å². The summed E-state index contributed by atoms with van der Waals surface area (Å²) in [5, 5.41) is 31.7. The molecule has 134 valence electrons. The third kappa shape index (κ3) is 4.40. The summed E-state index contributed by atoms with van der Waals surface area (Å²) in [7, 11) is 0. The van der Waals surface area contributed by atoms with Gasteiger partial charge in [0.1, 0.15) is 24.1 Å². The van der Waals surface area contributed by atoms with Crippen molar-refractivity contribution in [1.82, 2.24) is 5.32 Å². The molecule has 1 aliphatic rings. The van der Waals surface area contributed by atoms with Crippen LogP contribution in [0.2, 0.25) is 0 Å². The van der Waals surface area contributed by atoms with Crippen molar-refractivity contribution in [2.24, 2.45) is 0 Å². The topological polar surface area (TPSA) is 108 Å². The molecule has 4 N–H and O–H groups in total. The Morgan fingerprint density at radius 2 is 1.96 bits per heavy atom. The van der Waals surface area contributed by atoms with Gasteiger partial charge in [0.2, 0.25) is 6.29 Å². The summed E-state index contributed by atoms with van der Waals surface area (Å²) >= 11 is 3.67. The van der Waals surface area contributed by atoms with E-state index in [0.717, 1.165) is 17.5 Å². The third-order valence-corrected chi connectivity index (χ3v) is 4.21. The summed E-state index contributed by atoms with van der Waals surface area (Å²) in [5.74, 6) is 0.465. The van der Waals surface area contributed by atoms with E-state index in [0.29, 0.717) is 12.3 Å². The number of carbonyl (C=O) groups excluding carboxylic acids is 1. The fraction of sp³-hybridized carbons (Fsp3) is 0.562. The van der Waals surface area contributed by atoms with E-state index in [1.165, 1.54) is 0 Å². The highest BCUT2D eigenvalue weighted by Crippen LogP contribution is 2.26. The molecule has 1 aliphatic heterocycles. The van der Waals surface area contributed by atoms with Crippen LogP contribution in [-0.4, -0.2) is 51.3 Å². The van der Waals surface area contributed by atoms with E-state index in [1.807, 2.05) is 13.0 Å². The lowest BCUT2D eigenvalue weighted by Crippen LogP contribution is -2.58. The zero-order valence-electron chi connectivity index (χ0n) is 13.5. The maximum absolute atomic E-state index is 10.9. The number of rotatable bonds is 5. The lowest BCUT2D eigenvalue weighted by atomic mass is 10.00. The number of hydrogen-bond donors (Lipinski definition) is 5. The molecular formula is C16H23NO6S. The van der Waals surface area contributed by atoms with Crippen LogP contribution >= 0.6 is 12.6 Å². The first-order chi connectivity index (χ1) is 11.3. The SMILES string of the molecule is CCc1cc(OC2OC(C)C(O)C(O)C2O)ccc1CNC(=O)S. The van der Waals surface area contributed by atoms with Crippen LogP contribution in [0.3, 0.4) is 0 Å². The summed E-state index contributed by atoms with van der Waals surface area (Å²) in [6, 6.07) is 5.29. The first-order valence-electron chi connectivity index (χ1n) is 7.78. The Labute approximate surface area is 146 Å². The molecule has 1 heterocycles. The lowest BCUT2D eigenvalue weighted by Gasteiger charge is -2.38. The number of nitrogens with one attached hydrogen (secondary N) is 1. The van der Waals surface area contributed by atoms with Crippen LogP contribution < -0.4 is 10.1 Å². The Bertz CT molecular complexity index is 584. The Morgan fingerprint density at radius 1 is 1.25 bits per heavy atom. The largest absolute Gasteiger partial charge is 0.462 e. The minimum absolute atomic E-state index is 0.357. The van der Waals surface area contributed by atoms with Crippen molar-refractivity contribution in [2.45, 2.75) is 57.5 Å². The minimum Gasteiger partial charge on any atom is -0.462 e. The van der Waals surface area contributed by atoms with Crippen LogP contribution in [0.4, 0.5) is 4.79 Å². The lowest BCUT2D eigenvalue weighted by molar-refractivity contribution is -0.268. The predicted octanol–water partition coefficient (Wildman–Crippen LogP) is 0.595. The number of aliphatic hydroxyl groups is 3. The highest BCUT2D eigenvalue weighted by atomic mass is 32.1. The zero-order valence-corrected chi connectivity index (χ0v) is 14.4. The van der Waals surface area contributed by atoms with Crippen LogP contribution in [0.25, 0.3) is 0 Å². The van der Waals surface area contributed by atoms with Crippen molar-refractivity contribution < 1.29 is 29.6 Å². The first kappa shape index (κ1) is 19.0. The highest BCUT2D eigenvalue weighted by molar-refractivity contribution is 7.96. The Morgan fingerprint density at radius 3 is 2.58 bits per heavy atom. The molecule has 1 saturated heterocycles. The molecule has 1 fully saturated rings. The number of benzene rings is 1. The van der Waals surface area contributed by atoms with E-state index in [9.17, 15) is 20.1 Å². The smallest absolute Gasteiger partial charge is 0.276 e. The number of thiol groups is 1. The maximum Gasteiger partial charge on any atom is 0.276 e. The molecule has 0 bridgehead atoms. The molecule has 1 amide bonds. The monoisotopic (exact) mass is 357 g/mol. The maximum atomic E-state index is 10.9. The van der Waals surface area contributed by atoms with Gasteiger partial charge in [-0.25, -0.2) is 0 Å². The fourth-order valence-electron chi connectivity index (χ4n) is 2.59. The molecule has 5 atom stereocenters. The van der Waals surface area contributed by atoms with Crippen LogP contribution in [0.1, 0.15) is 25.0 Å². The van der Waals surface area contributed by atoms with Crippen molar-refractivity contribution in [2.75, 3.05) is 0 Å². The number of hydrogen-bond acceptors (Lipinski definition) is 6. The van der Waals surface area contributed by atoms with E-state index in [-0.39, 0.29) is 0 Å². The molecular weight excluding hydrogens is 334 g/mol. The quantitative estimate of drug-likeness (QED) is 0.494. The van der Waals surface area contributed by atoms with Crippen molar-refractivity contribution in [3.05, 3.63) is 29.3 Å². The molecule has 1 aromatic carbocycles. The Balaban J connectivity index is 2.10. The molecule has 2 rings (SSSR count). The highest BCUT2D eigenvalue weighted by Gasteiger charge is 2.43. The summed E-state index contributed by atoms with van der Waals surface area (Å²) in [6.45, 7) is 3.92. The van der Waals surface area contributed by atoms with Crippen molar-refractivity contribution in [3.8, 4) is 5.75 Å². The molecule has 5 unspecified atom stereocenters. The molecule has 0 aromatic heterocycles. The summed E-state index contributed by atoms with van der Waals surface area (Å²) in [6.07, 6.45) is -4.88. The Hall–Kier alpha value is -1.32. The zero-order chi connectivity index (χ0) is 17.9. The average molecular weight is 357 g/mol. The van der Waals surface area contributed by atoms with Gasteiger partial charge in [0.15, 0.2) is 0 Å². The molecule has 0 spiro atoms. The number of aryl methyl sites for hydroxylation is 1. The summed E-state index contributed by atoms with van der Waals surface area (Å²) < 4.78 is 11.1. The molecule has 8 heteroatoms. The van der Waals surface area contributed by atoms with Gasteiger partial charge < -0.3 is 30.1 Å². The molecule has 0 saturated carbocycles. The summed E-state index contributed by atoms with van der Waals surface area (Å²) in [5.41, 5.74) is 1.90. The number of amides is 1. The van der Waals surface area contributed by atoms with E-state index in [1.54, 1.807) is 19.1 Å². The van der Waals surface area contributed by atoms with Gasteiger partial charge in [-0.05, 0) is 36.6 Å². The molecule has 1 aromatic rings. The minimum atomic E-state index is -1.36. The van der Waals surface area contributed by atoms with Gasteiger partial charge in [-0.15, -0.1) is 0 Å². The van der Waals surface area contributed by atoms with Crippen LogP contribution in [0.15, 0.2) is 18.2 Å². The second-order valence-electron chi connectivity index (χ2n) is 5.74. The van der Waals surface area contributed by atoms with E-state index in [4.69, 9.17) is 9.47 Å². The van der Waals surface area contributed by atoms with Gasteiger partial charge >= 0.3 is 0 Å². The average Bonchev–Trinajstić information content (AvgIpc) is 2.56. The van der Waals surface area contributed by atoms with Gasteiger partial charge in [0.25, 0.3) is 5.24 Å². The van der Waals surface area contributed by atoms with E-state index < -0.39 is 35.9 Å². The second kappa shape index (κ2) is 8.17. The van der Waals surface area contributed by atoms with Crippen LogP contribution in [0, 0.1) is 0 Å². The van der Waals surface area contributed by atoms with Crippen molar-refractivity contribution >= 4 is 17.9 Å². The predicted molar refractivity (Wildman–Crippen MR) is 90.0 cm³/mol. The number of carbonyl (C=O) groups is 1. The fourth-order valence-corrected chi connectivity index (χ4v) is 2.67. The molecule has 0 aliphatic carbocycles. The van der Waals surface area contributed by atoms with Crippen molar-refractivity contribution in [1.29, 1.82) is 0 Å². The first-order valence-corrected chi connectivity index (χ1v) is 8.23. The number of ether oxygens (including phenoxy) is 2. The third-order valence-electron chi connectivity index (χ3n) is 4.05. The normalized spacial score (nSPS) is 30.0. The number of aliphatic hydroxyl groups excluding tert-OH is 3. The van der Waals surface area contributed by atoms with Crippen molar-refractivity contribution in [3.63, 3.8) is 0 Å². The second-order valence-corrected chi connectivity index (χ2v) is 6.15. The molecule has 7 nitrogen and oxygen atoms in total.